The van der Waals surface area contributed by atoms with E-state index in [1.54, 1.807) is 0 Å². The highest BCUT2D eigenvalue weighted by atomic mass is 79.9. The number of carbonyl (C=O) groups is 2. The first kappa shape index (κ1) is 16.6. The number of nitrogens with zero attached hydrogens (tertiary/aromatic N) is 1. The van der Waals surface area contributed by atoms with Crippen LogP contribution in [0.5, 0.6) is 0 Å². The standard InChI is InChI=1S/C18H15BrFNO3/c1-24-18(23)16-8-11-4-2-3-5-12(11)10-21(16)17(22)14-7-6-13(20)9-15(14)19/h2-7,9,16H,8,10H2,1H3. The summed E-state index contributed by atoms with van der Waals surface area (Å²) in [4.78, 5) is 26.6. The predicted octanol–water partition coefficient (Wildman–Crippen LogP) is 3.33. The number of ether oxygens (including phenoxy) is 1. The fourth-order valence-electron chi connectivity index (χ4n) is 2.90. The van der Waals surface area contributed by atoms with Gasteiger partial charge in [0.1, 0.15) is 11.9 Å². The van der Waals surface area contributed by atoms with Crippen LogP contribution < -0.4 is 0 Å². The van der Waals surface area contributed by atoms with Gasteiger partial charge >= 0.3 is 5.97 Å². The van der Waals surface area contributed by atoms with E-state index in [0.717, 1.165) is 11.1 Å². The first-order chi connectivity index (χ1) is 11.5. The van der Waals surface area contributed by atoms with Gasteiger partial charge in [0.25, 0.3) is 5.91 Å². The molecule has 1 aliphatic rings. The molecule has 0 radical (unpaired) electrons. The molecule has 0 saturated carbocycles. The third-order valence-corrected chi connectivity index (χ3v) is 4.80. The van der Waals surface area contributed by atoms with Gasteiger partial charge in [0.15, 0.2) is 0 Å². The first-order valence-corrected chi connectivity index (χ1v) is 8.21. The minimum absolute atomic E-state index is 0.304. The van der Waals surface area contributed by atoms with Crippen molar-refractivity contribution in [1.82, 2.24) is 4.90 Å². The number of halogens is 2. The molecule has 24 heavy (non-hydrogen) atoms. The summed E-state index contributed by atoms with van der Waals surface area (Å²) in [5.74, 6) is -1.24. The Hall–Kier alpha value is -2.21. The lowest BCUT2D eigenvalue weighted by molar-refractivity contribution is -0.146. The van der Waals surface area contributed by atoms with Crippen molar-refractivity contribution in [2.75, 3.05) is 7.11 Å². The quantitative estimate of drug-likeness (QED) is 0.737. The third-order valence-electron chi connectivity index (χ3n) is 4.14. The largest absolute Gasteiger partial charge is 0.467 e. The average molecular weight is 392 g/mol. The molecule has 0 bridgehead atoms. The SMILES string of the molecule is COC(=O)C1Cc2ccccc2CN1C(=O)c1ccc(F)cc1Br. The van der Waals surface area contributed by atoms with Crippen LogP contribution >= 0.6 is 15.9 Å². The summed E-state index contributed by atoms with van der Waals surface area (Å²) in [6.07, 6.45) is 0.396. The zero-order chi connectivity index (χ0) is 17.3. The normalized spacial score (nSPS) is 16.5. The number of hydrogen-bond donors (Lipinski definition) is 0. The Morgan fingerprint density at radius 2 is 1.92 bits per heavy atom. The Labute approximate surface area is 147 Å². The van der Waals surface area contributed by atoms with Gasteiger partial charge in [-0.25, -0.2) is 9.18 Å². The summed E-state index contributed by atoms with van der Waals surface area (Å²) in [5, 5.41) is 0. The fraction of sp³-hybridized carbons (Fsp3) is 0.222. The number of methoxy groups -OCH3 is 1. The molecule has 124 valence electrons. The summed E-state index contributed by atoms with van der Waals surface area (Å²) in [6.45, 7) is 0.304. The summed E-state index contributed by atoms with van der Waals surface area (Å²) in [7, 11) is 1.30. The Balaban J connectivity index is 1.99. The van der Waals surface area contributed by atoms with Crippen LogP contribution in [0.1, 0.15) is 21.5 Å². The van der Waals surface area contributed by atoms with E-state index in [2.05, 4.69) is 15.9 Å². The maximum Gasteiger partial charge on any atom is 0.328 e. The van der Waals surface area contributed by atoms with Gasteiger partial charge in [-0.3, -0.25) is 4.79 Å². The molecule has 1 aliphatic heterocycles. The molecule has 6 heteroatoms. The van der Waals surface area contributed by atoms with Gasteiger partial charge in [0.2, 0.25) is 0 Å². The summed E-state index contributed by atoms with van der Waals surface area (Å²) in [6, 6.07) is 10.9. The number of carbonyl (C=O) groups excluding carboxylic acids is 2. The van der Waals surface area contributed by atoms with Crippen LogP contribution in [0.2, 0.25) is 0 Å². The van der Waals surface area contributed by atoms with Crippen molar-refractivity contribution in [1.29, 1.82) is 0 Å². The van der Waals surface area contributed by atoms with Crippen LogP contribution in [0, 0.1) is 5.82 Å². The zero-order valence-corrected chi connectivity index (χ0v) is 14.5. The first-order valence-electron chi connectivity index (χ1n) is 7.42. The second-order valence-corrected chi connectivity index (χ2v) is 6.42. The maximum absolute atomic E-state index is 13.3. The molecule has 1 heterocycles. The van der Waals surface area contributed by atoms with Gasteiger partial charge in [0.05, 0.1) is 12.7 Å². The molecule has 1 unspecified atom stereocenters. The van der Waals surface area contributed by atoms with E-state index in [1.807, 2.05) is 24.3 Å². The number of hydrogen-bond acceptors (Lipinski definition) is 3. The maximum atomic E-state index is 13.3. The molecule has 2 aromatic carbocycles. The molecule has 0 spiro atoms. The summed E-state index contributed by atoms with van der Waals surface area (Å²) >= 11 is 3.22. The van der Waals surface area contributed by atoms with Crippen molar-refractivity contribution in [3.8, 4) is 0 Å². The molecular formula is C18H15BrFNO3. The van der Waals surface area contributed by atoms with E-state index < -0.39 is 17.8 Å². The highest BCUT2D eigenvalue weighted by Crippen LogP contribution is 2.28. The smallest absolute Gasteiger partial charge is 0.328 e. The number of esters is 1. The van der Waals surface area contributed by atoms with Crippen molar-refractivity contribution >= 4 is 27.8 Å². The highest BCUT2D eigenvalue weighted by Gasteiger charge is 2.36. The lowest BCUT2D eigenvalue weighted by Crippen LogP contribution is -2.49. The van der Waals surface area contributed by atoms with Gasteiger partial charge in [-0.05, 0) is 45.3 Å². The molecule has 0 aromatic heterocycles. The van der Waals surface area contributed by atoms with Gasteiger partial charge < -0.3 is 9.64 Å². The van der Waals surface area contributed by atoms with Crippen LogP contribution in [0.3, 0.4) is 0 Å². The molecule has 0 saturated heterocycles. The molecular weight excluding hydrogens is 377 g/mol. The van der Waals surface area contributed by atoms with Crippen LogP contribution in [0.25, 0.3) is 0 Å². The summed E-state index contributed by atoms with van der Waals surface area (Å²) < 4.78 is 18.5. The van der Waals surface area contributed by atoms with Crippen LogP contribution in [-0.2, 0) is 22.5 Å². The van der Waals surface area contributed by atoms with Gasteiger partial charge in [0, 0.05) is 17.4 Å². The van der Waals surface area contributed by atoms with Crippen molar-refractivity contribution in [3.05, 3.63) is 69.4 Å². The number of fused-ring (bicyclic) bond motifs is 1. The second kappa shape index (κ2) is 6.73. The van der Waals surface area contributed by atoms with E-state index in [1.165, 1.54) is 30.2 Å². The molecule has 2 aromatic rings. The topological polar surface area (TPSA) is 46.6 Å². The van der Waals surface area contributed by atoms with Gasteiger partial charge in [-0.15, -0.1) is 0 Å². The predicted molar refractivity (Wildman–Crippen MR) is 89.9 cm³/mol. The lowest BCUT2D eigenvalue weighted by Gasteiger charge is -2.35. The second-order valence-electron chi connectivity index (χ2n) is 5.57. The number of rotatable bonds is 2. The van der Waals surface area contributed by atoms with Gasteiger partial charge in [-0.1, -0.05) is 24.3 Å². The van der Waals surface area contributed by atoms with Crippen LogP contribution in [0.15, 0.2) is 46.9 Å². The third kappa shape index (κ3) is 3.06. The zero-order valence-electron chi connectivity index (χ0n) is 13.0. The molecule has 0 N–H and O–H groups in total. The lowest BCUT2D eigenvalue weighted by atomic mass is 9.93. The van der Waals surface area contributed by atoms with Crippen molar-refractivity contribution in [3.63, 3.8) is 0 Å². The minimum atomic E-state index is -0.700. The minimum Gasteiger partial charge on any atom is -0.467 e. The molecule has 4 nitrogen and oxygen atoms in total. The average Bonchev–Trinajstić information content (AvgIpc) is 2.59. The van der Waals surface area contributed by atoms with Crippen LogP contribution in [-0.4, -0.2) is 29.9 Å². The van der Waals surface area contributed by atoms with E-state index >= 15 is 0 Å². The molecule has 3 rings (SSSR count). The van der Waals surface area contributed by atoms with E-state index in [-0.39, 0.29) is 5.91 Å². The number of amides is 1. The van der Waals surface area contributed by atoms with E-state index in [9.17, 15) is 14.0 Å². The van der Waals surface area contributed by atoms with Crippen LogP contribution in [0.4, 0.5) is 4.39 Å². The fourth-order valence-corrected chi connectivity index (χ4v) is 3.42. The molecule has 1 amide bonds. The number of benzene rings is 2. The Kier molecular flexibility index (Phi) is 4.66. The highest BCUT2D eigenvalue weighted by molar-refractivity contribution is 9.10. The molecule has 0 aliphatic carbocycles. The molecule has 0 fully saturated rings. The molecule has 1 atom stereocenters. The Morgan fingerprint density at radius 1 is 1.21 bits per heavy atom. The monoisotopic (exact) mass is 391 g/mol. The van der Waals surface area contributed by atoms with Gasteiger partial charge in [-0.2, -0.15) is 0 Å². The summed E-state index contributed by atoms with van der Waals surface area (Å²) in [5.41, 5.74) is 2.32. The Morgan fingerprint density at radius 3 is 2.58 bits per heavy atom. The van der Waals surface area contributed by atoms with E-state index in [4.69, 9.17) is 4.74 Å². The van der Waals surface area contributed by atoms with Crippen molar-refractivity contribution in [2.24, 2.45) is 0 Å². The van der Waals surface area contributed by atoms with Crippen molar-refractivity contribution < 1.29 is 18.7 Å². The Bertz CT molecular complexity index is 809. The van der Waals surface area contributed by atoms with E-state index in [0.29, 0.717) is 23.0 Å². The van der Waals surface area contributed by atoms with Crippen molar-refractivity contribution in [2.45, 2.75) is 19.0 Å².